The molecule has 1 aliphatic heterocycles. The Morgan fingerprint density at radius 1 is 1.29 bits per heavy atom. The van der Waals surface area contributed by atoms with Crippen molar-refractivity contribution in [3.05, 3.63) is 39.2 Å². The molecule has 1 aromatic rings. The predicted octanol–water partition coefficient (Wildman–Crippen LogP) is 3.60. The Morgan fingerprint density at radius 3 is 2.41 bits per heavy atom. The van der Waals surface area contributed by atoms with Crippen LogP contribution in [0.25, 0.3) is 0 Å². The maximum absolute atomic E-state index is 11.1. The van der Waals surface area contributed by atoms with Crippen LogP contribution in [0.2, 0.25) is 0 Å². The van der Waals surface area contributed by atoms with Crippen LogP contribution in [0.15, 0.2) is 33.9 Å². The van der Waals surface area contributed by atoms with E-state index in [2.05, 4.69) is 33.1 Å². The molecule has 0 amide bonds. The van der Waals surface area contributed by atoms with Gasteiger partial charge >= 0.3 is 0 Å². The molecule has 1 fully saturated rings. The largest absolute Gasteiger partial charge is 0.306 e. The lowest BCUT2D eigenvalue weighted by molar-refractivity contribution is 0.199. The SMILES string of the molecule is CN1CCC(C(N=O)c2ccc(Br)cc2)CC1. The molecule has 0 aliphatic carbocycles. The number of benzene rings is 1. The summed E-state index contributed by atoms with van der Waals surface area (Å²) in [5.74, 6) is 0.393. The van der Waals surface area contributed by atoms with E-state index in [1.165, 1.54) is 0 Å². The minimum Gasteiger partial charge on any atom is -0.306 e. The molecule has 1 heterocycles. The second-order valence-electron chi connectivity index (χ2n) is 4.74. The molecule has 0 spiro atoms. The number of hydrogen-bond donors (Lipinski definition) is 0. The lowest BCUT2D eigenvalue weighted by Gasteiger charge is -2.31. The van der Waals surface area contributed by atoms with E-state index in [4.69, 9.17) is 0 Å². The highest BCUT2D eigenvalue weighted by atomic mass is 79.9. The summed E-state index contributed by atoms with van der Waals surface area (Å²) < 4.78 is 1.04. The van der Waals surface area contributed by atoms with E-state index >= 15 is 0 Å². The van der Waals surface area contributed by atoms with Gasteiger partial charge in [0.1, 0.15) is 6.04 Å². The highest BCUT2D eigenvalue weighted by Crippen LogP contribution is 2.33. The van der Waals surface area contributed by atoms with Crippen LogP contribution < -0.4 is 0 Å². The number of rotatable bonds is 3. The van der Waals surface area contributed by atoms with Gasteiger partial charge in [-0.3, -0.25) is 0 Å². The van der Waals surface area contributed by atoms with Crippen molar-refractivity contribution in [3.8, 4) is 0 Å². The molecule has 0 saturated carbocycles. The Morgan fingerprint density at radius 2 is 1.88 bits per heavy atom. The van der Waals surface area contributed by atoms with Crippen molar-refractivity contribution in [3.63, 3.8) is 0 Å². The van der Waals surface area contributed by atoms with Gasteiger partial charge in [0.2, 0.25) is 0 Å². The molecule has 0 N–H and O–H groups in total. The molecule has 0 radical (unpaired) electrons. The third kappa shape index (κ3) is 3.13. The first-order valence-corrected chi connectivity index (χ1v) is 6.76. The molecule has 1 aliphatic rings. The third-order valence-electron chi connectivity index (χ3n) is 3.53. The zero-order chi connectivity index (χ0) is 12.3. The van der Waals surface area contributed by atoms with Gasteiger partial charge in [-0.05, 0) is 56.6 Å². The van der Waals surface area contributed by atoms with Gasteiger partial charge in [0, 0.05) is 4.47 Å². The standard InChI is InChI=1S/C13H17BrN2O/c1-16-8-6-11(7-9-16)13(15-17)10-2-4-12(14)5-3-10/h2-5,11,13H,6-9H2,1H3. The number of hydrogen-bond acceptors (Lipinski definition) is 3. The average Bonchev–Trinajstić information content (AvgIpc) is 2.35. The monoisotopic (exact) mass is 296 g/mol. The van der Waals surface area contributed by atoms with E-state index in [0.29, 0.717) is 5.92 Å². The van der Waals surface area contributed by atoms with Gasteiger partial charge in [0.15, 0.2) is 0 Å². The lowest BCUT2D eigenvalue weighted by atomic mass is 9.86. The number of piperidine rings is 1. The van der Waals surface area contributed by atoms with Gasteiger partial charge in [-0.15, -0.1) is 0 Å². The zero-order valence-electron chi connectivity index (χ0n) is 9.97. The van der Waals surface area contributed by atoms with Crippen LogP contribution in [0.4, 0.5) is 0 Å². The van der Waals surface area contributed by atoms with Crippen LogP contribution in [0, 0.1) is 10.8 Å². The Balaban J connectivity index is 2.10. The van der Waals surface area contributed by atoms with Gasteiger partial charge in [0.05, 0.1) is 0 Å². The Bertz CT molecular complexity index is 372. The fourth-order valence-electron chi connectivity index (χ4n) is 2.42. The van der Waals surface area contributed by atoms with Crippen molar-refractivity contribution in [2.45, 2.75) is 18.9 Å². The molecule has 4 heteroatoms. The van der Waals surface area contributed by atoms with Gasteiger partial charge in [-0.1, -0.05) is 33.2 Å². The van der Waals surface area contributed by atoms with Crippen molar-refractivity contribution in [1.29, 1.82) is 0 Å². The lowest BCUT2D eigenvalue weighted by Crippen LogP contribution is -2.32. The van der Waals surface area contributed by atoms with Crippen LogP contribution in [0.5, 0.6) is 0 Å². The first-order valence-electron chi connectivity index (χ1n) is 5.97. The zero-order valence-corrected chi connectivity index (χ0v) is 11.6. The van der Waals surface area contributed by atoms with Crippen molar-refractivity contribution in [2.24, 2.45) is 11.1 Å². The van der Waals surface area contributed by atoms with Crippen molar-refractivity contribution in [2.75, 3.05) is 20.1 Å². The fourth-order valence-corrected chi connectivity index (χ4v) is 2.69. The predicted molar refractivity (Wildman–Crippen MR) is 72.9 cm³/mol. The van der Waals surface area contributed by atoms with E-state index < -0.39 is 0 Å². The van der Waals surface area contributed by atoms with Gasteiger partial charge < -0.3 is 4.90 Å². The smallest absolute Gasteiger partial charge is 0.120 e. The summed E-state index contributed by atoms with van der Waals surface area (Å²) in [7, 11) is 2.12. The summed E-state index contributed by atoms with van der Waals surface area (Å²) in [6.45, 7) is 2.13. The van der Waals surface area contributed by atoms with Gasteiger partial charge in [-0.25, -0.2) is 0 Å². The highest BCUT2D eigenvalue weighted by Gasteiger charge is 2.27. The summed E-state index contributed by atoms with van der Waals surface area (Å²) in [6, 6.07) is 7.75. The summed E-state index contributed by atoms with van der Waals surface area (Å²) in [5.41, 5.74) is 1.04. The second-order valence-corrected chi connectivity index (χ2v) is 5.66. The molecule has 1 unspecified atom stereocenters. The summed E-state index contributed by atoms with van der Waals surface area (Å²) in [5, 5.41) is 3.35. The molecular weight excluding hydrogens is 280 g/mol. The molecule has 92 valence electrons. The number of likely N-dealkylation sites (tertiary alicyclic amines) is 1. The quantitative estimate of drug-likeness (QED) is 0.799. The van der Waals surface area contributed by atoms with Crippen molar-refractivity contribution >= 4 is 15.9 Å². The molecule has 2 rings (SSSR count). The molecule has 0 bridgehead atoms. The van der Waals surface area contributed by atoms with Crippen LogP contribution >= 0.6 is 15.9 Å². The van der Waals surface area contributed by atoms with Crippen molar-refractivity contribution < 1.29 is 0 Å². The molecule has 17 heavy (non-hydrogen) atoms. The Kier molecular flexibility index (Phi) is 4.29. The molecule has 1 atom stereocenters. The fraction of sp³-hybridized carbons (Fsp3) is 0.538. The van der Waals surface area contributed by atoms with E-state index in [-0.39, 0.29) is 6.04 Å². The minimum atomic E-state index is -0.184. The maximum atomic E-state index is 11.1. The Hall–Kier alpha value is -0.740. The topological polar surface area (TPSA) is 32.7 Å². The molecule has 3 nitrogen and oxygen atoms in total. The number of nitroso groups, excluding NO2 is 1. The van der Waals surface area contributed by atoms with Gasteiger partial charge in [-0.2, -0.15) is 4.91 Å². The van der Waals surface area contributed by atoms with E-state index in [0.717, 1.165) is 36.0 Å². The minimum absolute atomic E-state index is 0.184. The summed E-state index contributed by atoms with van der Waals surface area (Å²) >= 11 is 3.40. The van der Waals surface area contributed by atoms with Crippen LogP contribution in [0.1, 0.15) is 24.4 Å². The first kappa shape index (κ1) is 12.7. The molecule has 0 aromatic heterocycles. The van der Waals surface area contributed by atoms with Crippen LogP contribution in [0.3, 0.4) is 0 Å². The maximum Gasteiger partial charge on any atom is 0.120 e. The third-order valence-corrected chi connectivity index (χ3v) is 4.06. The Labute approximate surface area is 110 Å². The second kappa shape index (κ2) is 5.74. The number of nitrogens with zero attached hydrogens (tertiary/aromatic N) is 2. The highest BCUT2D eigenvalue weighted by molar-refractivity contribution is 9.10. The average molecular weight is 297 g/mol. The van der Waals surface area contributed by atoms with E-state index in [1.54, 1.807) is 0 Å². The van der Waals surface area contributed by atoms with Crippen molar-refractivity contribution in [1.82, 2.24) is 4.90 Å². The normalized spacial score (nSPS) is 20.1. The first-order chi connectivity index (χ1) is 8.20. The van der Waals surface area contributed by atoms with Crippen LogP contribution in [-0.2, 0) is 0 Å². The van der Waals surface area contributed by atoms with E-state index in [1.807, 2.05) is 24.3 Å². The summed E-state index contributed by atoms with van der Waals surface area (Å²) in [6.07, 6.45) is 2.12. The van der Waals surface area contributed by atoms with E-state index in [9.17, 15) is 4.91 Å². The van der Waals surface area contributed by atoms with Crippen LogP contribution in [-0.4, -0.2) is 25.0 Å². The number of halogens is 1. The molecule has 1 aromatic carbocycles. The van der Waals surface area contributed by atoms with Gasteiger partial charge in [0.25, 0.3) is 0 Å². The molecular formula is C13H17BrN2O. The summed E-state index contributed by atoms with van der Waals surface area (Å²) in [4.78, 5) is 13.4. The molecule has 1 saturated heterocycles.